The molecule has 0 atom stereocenters. The highest BCUT2D eigenvalue weighted by atomic mass is 19.1. The Morgan fingerprint density at radius 1 is 1.06 bits per heavy atom. The van der Waals surface area contributed by atoms with Crippen LogP contribution in [-0.2, 0) is 13.1 Å². The zero-order chi connectivity index (χ0) is 22.0. The van der Waals surface area contributed by atoms with Crippen LogP contribution in [0.25, 0.3) is 5.65 Å². The number of nitrogens with zero attached hydrogens (tertiary/aromatic N) is 3. The van der Waals surface area contributed by atoms with Gasteiger partial charge in [0.25, 0.3) is 11.8 Å². The third-order valence-electron chi connectivity index (χ3n) is 4.74. The highest BCUT2D eigenvalue weighted by Gasteiger charge is 2.16. The Morgan fingerprint density at radius 3 is 2.61 bits per heavy atom. The number of aryl methyl sites for hydroxylation is 2. The lowest BCUT2D eigenvalue weighted by atomic mass is 10.1. The lowest BCUT2D eigenvalue weighted by molar-refractivity contribution is 0.0934. The molecule has 0 aliphatic rings. The van der Waals surface area contributed by atoms with Gasteiger partial charge in [-0.05, 0) is 43.2 Å². The highest BCUT2D eigenvalue weighted by molar-refractivity contribution is 5.95. The average Bonchev–Trinajstić information content (AvgIpc) is 3.38. The van der Waals surface area contributed by atoms with Crippen molar-refractivity contribution in [2.24, 2.45) is 0 Å². The minimum absolute atomic E-state index is 0.172. The normalized spacial score (nSPS) is 10.9. The van der Waals surface area contributed by atoms with E-state index < -0.39 is 5.91 Å². The summed E-state index contributed by atoms with van der Waals surface area (Å²) in [6.07, 6.45) is 1.51. The van der Waals surface area contributed by atoms with Crippen LogP contribution >= 0.6 is 0 Å². The monoisotopic (exact) mass is 421 g/mol. The predicted molar refractivity (Wildman–Crippen MR) is 110 cm³/mol. The number of amides is 2. The minimum atomic E-state index is -0.393. The number of hydrogen-bond acceptors (Lipinski definition) is 5. The van der Waals surface area contributed by atoms with Gasteiger partial charge < -0.3 is 15.2 Å². The first-order valence-electron chi connectivity index (χ1n) is 9.62. The van der Waals surface area contributed by atoms with Crippen LogP contribution in [-0.4, -0.2) is 26.4 Å². The van der Waals surface area contributed by atoms with Gasteiger partial charge in [0.1, 0.15) is 34.3 Å². The molecule has 0 spiro atoms. The number of hydrogen-bond donors (Lipinski definition) is 2. The number of carbonyl (C=O) groups is 2. The molecule has 3 aromatic heterocycles. The lowest BCUT2D eigenvalue weighted by Crippen LogP contribution is -2.25. The van der Waals surface area contributed by atoms with Gasteiger partial charge in [0, 0.05) is 18.8 Å². The molecule has 0 saturated heterocycles. The van der Waals surface area contributed by atoms with Crippen molar-refractivity contribution >= 4 is 17.5 Å². The van der Waals surface area contributed by atoms with E-state index in [9.17, 15) is 14.0 Å². The van der Waals surface area contributed by atoms with Gasteiger partial charge in [-0.1, -0.05) is 23.4 Å². The summed E-state index contributed by atoms with van der Waals surface area (Å²) in [5.74, 6) is -0.361. The van der Waals surface area contributed by atoms with E-state index in [1.807, 2.05) is 0 Å². The van der Waals surface area contributed by atoms with E-state index in [2.05, 4.69) is 20.8 Å². The van der Waals surface area contributed by atoms with Gasteiger partial charge in [-0.2, -0.15) is 0 Å². The number of fused-ring (bicyclic) bond motifs is 1. The molecule has 1 aromatic carbocycles. The molecule has 9 heteroatoms. The van der Waals surface area contributed by atoms with Gasteiger partial charge >= 0.3 is 0 Å². The lowest BCUT2D eigenvalue weighted by Gasteiger charge is -2.06. The number of rotatable bonds is 6. The molecule has 4 aromatic rings. The van der Waals surface area contributed by atoms with Gasteiger partial charge in [-0.25, -0.2) is 9.37 Å². The molecule has 0 unspecified atom stereocenters. The fraction of sp³-hybridized carbons (Fsp3) is 0.182. The van der Waals surface area contributed by atoms with Crippen LogP contribution in [0.4, 0.5) is 4.39 Å². The number of halogens is 1. The summed E-state index contributed by atoms with van der Waals surface area (Å²) >= 11 is 0. The third-order valence-corrected chi connectivity index (χ3v) is 4.74. The molecular formula is C22H20FN5O3. The summed E-state index contributed by atoms with van der Waals surface area (Å²) in [4.78, 5) is 29.5. The Kier molecular flexibility index (Phi) is 5.48. The Morgan fingerprint density at radius 2 is 1.87 bits per heavy atom. The SMILES string of the molecule is Cc1cc(CNC(=O)c2cccc3nc(C(=O)NCc4ccc(F)c(C)c4)cn23)no1. The number of benzene rings is 1. The molecule has 4 rings (SSSR count). The maximum absolute atomic E-state index is 13.4. The molecule has 0 fully saturated rings. The molecular weight excluding hydrogens is 401 g/mol. The quantitative estimate of drug-likeness (QED) is 0.498. The van der Waals surface area contributed by atoms with E-state index >= 15 is 0 Å². The zero-order valence-corrected chi connectivity index (χ0v) is 17.0. The zero-order valence-electron chi connectivity index (χ0n) is 17.0. The Hall–Kier alpha value is -4.01. The van der Waals surface area contributed by atoms with Crippen LogP contribution in [0.1, 0.15) is 43.6 Å². The van der Waals surface area contributed by atoms with E-state index in [1.165, 1.54) is 12.3 Å². The number of pyridine rings is 1. The maximum atomic E-state index is 13.4. The summed E-state index contributed by atoms with van der Waals surface area (Å²) < 4.78 is 19.9. The van der Waals surface area contributed by atoms with E-state index in [1.54, 1.807) is 54.6 Å². The molecule has 0 saturated carbocycles. The molecule has 0 radical (unpaired) electrons. The van der Waals surface area contributed by atoms with Crippen LogP contribution < -0.4 is 10.6 Å². The molecule has 2 amide bonds. The van der Waals surface area contributed by atoms with Crippen molar-refractivity contribution in [3.8, 4) is 0 Å². The van der Waals surface area contributed by atoms with E-state index in [0.29, 0.717) is 28.4 Å². The van der Waals surface area contributed by atoms with Crippen LogP contribution in [0, 0.1) is 19.7 Å². The predicted octanol–water partition coefficient (Wildman–Crippen LogP) is 2.94. The van der Waals surface area contributed by atoms with Gasteiger partial charge in [-0.3, -0.25) is 14.0 Å². The van der Waals surface area contributed by atoms with Gasteiger partial charge in [0.2, 0.25) is 0 Å². The fourth-order valence-electron chi connectivity index (χ4n) is 3.16. The second kappa shape index (κ2) is 8.39. The largest absolute Gasteiger partial charge is 0.361 e. The third kappa shape index (κ3) is 4.45. The van der Waals surface area contributed by atoms with Crippen molar-refractivity contribution in [1.29, 1.82) is 0 Å². The van der Waals surface area contributed by atoms with E-state index in [0.717, 1.165) is 5.56 Å². The molecule has 31 heavy (non-hydrogen) atoms. The van der Waals surface area contributed by atoms with Crippen molar-refractivity contribution in [2.75, 3.05) is 0 Å². The minimum Gasteiger partial charge on any atom is -0.361 e. The first-order chi connectivity index (χ1) is 14.9. The van der Waals surface area contributed by atoms with Gasteiger partial charge in [0.05, 0.1) is 6.54 Å². The number of imidazole rings is 1. The second-order valence-electron chi connectivity index (χ2n) is 7.14. The van der Waals surface area contributed by atoms with Crippen molar-refractivity contribution in [1.82, 2.24) is 25.2 Å². The summed E-state index contributed by atoms with van der Waals surface area (Å²) in [5, 5.41) is 9.38. The molecule has 0 aliphatic carbocycles. The molecule has 0 aliphatic heterocycles. The molecule has 8 nitrogen and oxygen atoms in total. The molecule has 3 heterocycles. The van der Waals surface area contributed by atoms with Crippen molar-refractivity contribution in [3.63, 3.8) is 0 Å². The molecule has 158 valence electrons. The Balaban J connectivity index is 1.47. The Labute approximate surface area is 177 Å². The summed E-state index contributed by atoms with van der Waals surface area (Å²) in [5.41, 5.74) is 2.87. The van der Waals surface area contributed by atoms with Crippen LogP contribution in [0.15, 0.2) is 53.2 Å². The molecule has 0 bridgehead atoms. The first-order valence-corrected chi connectivity index (χ1v) is 9.62. The molecule has 2 N–H and O–H groups in total. The summed E-state index contributed by atoms with van der Waals surface area (Å²) in [6.45, 7) is 3.89. The van der Waals surface area contributed by atoms with Crippen LogP contribution in [0.5, 0.6) is 0 Å². The standard InChI is InChI=1S/C22H20FN5O3/c1-13-8-15(6-7-17(13)23)10-24-21(29)18-12-28-19(4-3-5-20(28)26-18)22(30)25-11-16-9-14(2)31-27-16/h3-9,12H,10-11H2,1-2H3,(H,24,29)(H,25,30). The number of carbonyl (C=O) groups excluding carboxylic acids is 2. The Bertz CT molecular complexity index is 1280. The number of aromatic nitrogens is 3. The van der Waals surface area contributed by atoms with Crippen molar-refractivity contribution in [2.45, 2.75) is 26.9 Å². The van der Waals surface area contributed by atoms with Gasteiger partial charge in [-0.15, -0.1) is 0 Å². The van der Waals surface area contributed by atoms with E-state index in [4.69, 9.17) is 4.52 Å². The fourth-order valence-corrected chi connectivity index (χ4v) is 3.16. The number of nitrogens with one attached hydrogen (secondary N) is 2. The highest BCUT2D eigenvalue weighted by Crippen LogP contribution is 2.12. The maximum Gasteiger partial charge on any atom is 0.271 e. The summed E-state index contributed by atoms with van der Waals surface area (Å²) in [6, 6.07) is 11.4. The van der Waals surface area contributed by atoms with Crippen LogP contribution in [0.2, 0.25) is 0 Å². The van der Waals surface area contributed by atoms with Crippen molar-refractivity contribution in [3.05, 3.63) is 88.4 Å². The topological polar surface area (TPSA) is 102 Å². The average molecular weight is 421 g/mol. The second-order valence-corrected chi connectivity index (χ2v) is 7.14. The van der Waals surface area contributed by atoms with Gasteiger partial charge in [0.15, 0.2) is 0 Å². The first kappa shape index (κ1) is 20.3. The smallest absolute Gasteiger partial charge is 0.271 e. The van der Waals surface area contributed by atoms with Crippen molar-refractivity contribution < 1.29 is 18.5 Å². The van der Waals surface area contributed by atoms with E-state index in [-0.39, 0.29) is 30.5 Å². The van der Waals surface area contributed by atoms with Crippen LogP contribution in [0.3, 0.4) is 0 Å². The summed E-state index contributed by atoms with van der Waals surface area (Å²) in [7, 11) is 0.